The SMILES string of the molecule is CN(C)C(=O)CN1C[C@@H]2CN([C@H]3CCOC3)CC[C@]2(c2ccccc2)C1. The normalized spacial score (nSPS) is 32.5. The molecule has 0 bridgehead atoms. The summed E-state index contributed by atoms with van der Waals surface area (Å²) in [6, 6.07) is 11.6. The number of rotatable bonds is 4. The fourth-order valence-electron chi connectivity index (χ4n) is 5.15. The first-order valence-corrected chi connectivity index (χ1v) is 9.88. The van der Waals surface area contributed by atoms with Crippen LogP contribution in [0.25, 0.3) is 0 Å². The molecule has 142 valence electrons. The van der Waals surface area contributed by atoms with Gasteiger partial charge in [-0.15, -0.1) is 0 Å². The Bertz CT molecular complexity index is 629. The second-order valence-electron chi connectivity index (χ2n) is 8.44. The first kappa shape index (κ1) is 18.0. The van der Waals surface area contributed by atoms with Gasteiger partial charge >= 0.3 is 0 Å². The Kier molecular flexibility index (Phi) is 5.04. The van der Waals surface area contributed by atoms with Crippen molar-refractivity contribution in [3.63, 3.8) is 0 Å². The molecule has 26 heavy (non-hydrogen) atoms. The summed E-state index contributed by atoms with van der Waals surface area (Å²) in [7, 11) is 3.69. The number of amides is 1. The number of likely N-dealkylation sites (N-methyl/N-ethyl adjacent to an activating group) is 1. The lowest BCUT2D eigenvalue weighted by Gasteiger charge is -2.45. The first-order chi connectivity index (χ1) is 12.6. The predicted octanol–water partition coefficient (Wildman–Crippen LogP) is 1.44. The van der Waals surface area contributed by atoms with Gasteiger partial charge in [0.25, 0.3) is 0 Å². The van der Waals surface area contributed by atoms with Gasteiger partial charge in [0, 0.05) is 51.8 Å². The van der Waals surface area contributed by atoms with Crippen LogP contribution in [0, 0.1) is 5.92 Å². The molecule has 3 atom stereocenters. The summed E-state index contributed by atoms with van der Waals surface area (Å²) in [5, 5.41) is 0. The summed E-state index contributed by atoms with van der Waals surface area (Å²) in [4.78, 5) is 19.0. The van der Waals surface area contributed by atoms with E-state index in [1.165, 1.54) is 12.0 Å². The van der Waals surface area contributed by atoms with E-state index in [-0.39, 0.29) is 11.3 Å². The monoisotopic (exact) mass is 357 g/mol. The van der Waals surface area contributed by atoms with E-state index < -0.39 is 0 Å². The van der Waals surface area contributed by atoms with E-state index in [0.29, 0.717) is 18.5 Å². The Morgan fingerprint density at radius 2 is 2.08 bits per heavy atom. The highest BCUT2D eigenvalue weighted by Crippen LogP contribution is 2.45. The molecule has 1 amide bonds. The lowest BCUT2D eigenvalue weighted by Crippen LogP contribution is -2.52. The van der Waals surface area contributed by atoms with Crippen molar-refractivity contribution in [3.8, 4) is 0 Å². The largest absolute Gasteiger partial charge is 0.380 e. The maximum Gasteiger partial charge on any atom is 0.236 e. The molecule has 3 saturated heterocycles. The van der Waals surface area contributed by atoms with E-state index in [2.05, 4.69) is 40.1 Å². The van der Waals surface area contributed by atoms with Crippen molar-refractivity contribution < 1.29 is 9.53 Å². The summed E-state index contributed by atoms with van der Waals surface area (Å²) in [6.07, 6.45) is 2.33. The van der Waals surface area contributed by atoms with Gasteiger partial charge in [-0.05, 0) is 30.9 Å². The summed E-state index contributed by atoms with van der Waals surface area (Å²) < 4.78 is 5.63. The molecule has 0 aromatic heterocycles. The number of hydrogen-bond donors (Lipinski definition) is 0. The van der Waals surface area contributed by atoms with Crippen LogP contribution in [0.5, 0.6) is 0 Å². The van der Waals surface area contributed by atoms with Crippen LogP contribution >= 0.6 is 0 Å². The molecule has 3 aliphatic rings. The molecule has 0 spiro atoms. The number of fused-ring (bicyclic) bond motifs is 1. The van der Waals surface area contributed by atoms with Crippen molar-refractivity contribution in [3.05, 3.63) is 35.9 Å². The maximum atomic E-state index is 12.3. The van der Waals surface area contributed by atoms with E-state index in [1.54, 1.807) is 4.90 Å². The van der Waals surface area contributed by atoms with Crippen LogP contribution in [0.2, 0.25) is 0 Å². The van der Waals surface area contributed by atoms with Crippen molar-refractivity contribution in [1.29, 1.82) is 0 Å². The van der Waals surface area contributed by atoms with Crippen molar-refractivity contribution in [1.82, 2.24) is 14.7 Å². The van der Waals surface area contributed by atoms with Gasteiger partial charge in [-0.3, -0.25) is 14.6 Å². The number of piperidine rings is 1. The zero-order valence-electron chi connectivity index (χ0n) is 16.1. The topological polar surface area (TPSA) is 36.0 Å². The summed E-state index contributed by atoms with van der Waals surface area (Å²) in [5.41, 5.74) is 1.64. The molecule has 0 unspecified atom stereocenters. The van der Waals surface area contributed by atoms with E-state index >= 15 is 0 Å². The molecule has 5 nitrogen and oxygen atoms in total. The molecule has 0 radical (unpaired) electrons. The highest BCUT2D eigenvalue weighted by atomic mass is 16.5. The van der Waals surface area contributed by atoms with Gasteiger partial charge in [0.2, 0.25) is 5.91 Å². The van der Waals surface area contributed by atoms with Crippen LogP contribution in [0.4, 0.5) is 0 Å². The molecule has 3 aliphatic heterocycles. The third-order valence-corrected chi connectivity index (χ3v) is 6.69. The molecule has 4 rings (SSSR count). The minimum Gasteiger partial charge on any atom is -0.380 e. The maximum absolute atomic E-state index is 12.3. The highest BCUT2D eigenvalue weighted by molar-refractivity contribution is 5.77. The molecule has 0 N–H and O–H groups in total. The Hall–Kier alpha value is -1.43. The van der Waals surface area contributed by atoms with Crippen molar-refractivity contribution in [2.75, 3.05) is 60.0 Å². The van der Waals surface area contributed by atoms with Gasteiger partial charge in [-0.25, -0.2) is 0 Å². The minimum absolute atomic E-state index is 0.184. The van der Waals surface area contributed by atoms with E-state index in [4.69, 9.17) is 4.74 Å². The number of carbonyl (C=O) groups excluding carboxylic acids is 1. The van der Waals surface area contributed by atoms with Gasteiger partial charge in [0.05, 0.1) is 13.2 Å². The fourth-order valence-corrected chi connectivity index (χ4v) is 5.15. The second-order valence-corrected chi connectivity index (χ2v) is 8.44. The zero-order valence-corrected chi connectivity index (χ0v) is 16.1. The summed E-state index contributed by atoms with van der Waals surface area (Å²) >= 11 is 0. The number of nitrogens with zero attached hydrogens (tertiary/aromatic N) is 3. The Labute approximate surface area is 156 Å². The third kappa shape index (κ3) is 3.28. The first-order valence-electron chi connectivity index (χ1n) is 9.88. The van der Waals surface area contributed by atoms with Crippen LogP contribution in [-0.4, -0.2) is 86.7 Å². The zero-order chi connectivity index (χ0) is 18.1. The Morgan fingerprint density at radius 3 is 2.77 bits per heavy atom. The summed E-state index contributed by atoms with van der Waals surface area (Å²) in [6.45, 7) is 6.58. The number of ether oxygens (including phenoxy) is 1. The second kappa shape index (κ2) is 7.29. The molecule has 3 fully saturated rings. The smallest absolute Gasteiger partial charge is 0.236 e. The summed E-state index contributed by atoms with van der Waals surface area (Å²) in [5.74, 6) is 0.780. The number of likely N-dealkylation sites (tertiary alicyclic amines) is 2. The van der Waals surface area contributed by atoms with Crippen molar-refractivity contribution in [2.45, 2.75) is 24.3 Å². The Balaban J connectivity index is 1.56. The molecule has 1 aromatic rings. The van der Waals surface area contributed by atoms with E-state index in [9.17, 15) is 4.79 Å². The van der Waals surface area contributed by atoms with Crippen LogP contribution in [0.15, 0.2) is 30.3 Å². The fraction of sp³-hybridized carbons (Fsp3) is 0.667. The third-order valence-electron chi connectivity index (χ3n) is 6.69. The van der Waals surface area contributed by atoms with Crippen LogP contribution in [-0.2, 0) is 14.9 Å². The molecular formula is C21H31N3O2. The lowest BCUT2D eigenvalue weighted by atomic mass is 9.67. The predicted molar refractivity (Wildman–Crippen MR) is 102 cm³/mol. The van der Waals surface area contributed by atoms with E-state index in [1.807, 2.05) is 14.1 Å². The number of carbonyl (C=O) groups is 1. The average Bonchev–Trinajstić information content (AvgIpc) is 3.29. The van der Waals surface area contributed by atoms with Crippen LogP contribution in [0.3, 0.4) is 0 Å². The van der Waals surface area contributed by atoms with Crippen LogP contribution < -0.4 is 0 Å². The molecule has 1 aromatic carbocycles. The molecular weight excluding hydrogens is 326 g/mol. The highest BCUT2D eigenvalue weighted by Gasteiger charge is 2.51. The average molecular weight is 357 g/mol. The lowest BCUT2D eigenvalue weighted by molar-refractivity contribution is -0.129. The molecule has 0 saturated carbocycles. The van der Waals surface area contributed by atoms with Crippen molar-refractivity contribution in [2.24, 2.45) is 5.92 Å². The van der Waals surface area contributed by atoms with Gasteiger partial charge in [0.1, 0.15) is 0 Å². The van der Waals surface area contributed by atoms with Crippen LogP contribution in [0.1, 0.15) is 18.4 Å². The van der Waals surface area contributed by atoms with Gasteiger partial charge in [-0.2, -0.15) is 0 Å². The molecule has 0 aliphatic carbocycles. The van der Waals surface area contributed by atoms with Crippen molar-refractivity contribution >= 4 is 5.91 Å². The minimum atomic E-state index is 0.184. The van der Waals surface area contributed by atoms with Gasteiger partial charge in [0.15, 0.2) is 0 Å². The van der Waals surface area contributed by atoms with Gasteiger partial charge < -0.3 is 9.64 Å². The molecule has 3 heterocycles. The standard InChI is InChI=1S/C21H31N3O2/c1-22(2)20(25)14-23-12-18-13-24(19-8-11-26-15-19)10-9-21(18,16-23)17-6-4-3-5-7-17/h3-7,18-19H,8-16H2,1-2H3/t18-,19+,21-/m1/s1. The van der Waals surface area contributed by atoms with Gasteiger partial charge in [-0.1, -0.05) is 30.3 Å². The van der Waals surface area contributed by atoms with E-state index in [0.717, 1.165) is 45.8 Å². The Morgan fingerprint density at radius 1 is 1.27 bits per heavy atom. The quantitative estimate of drug-likeness (QED) is 0.817. The number of benzene rings is 1. The number of hydrogen-bond acceptors (Lipinski definition) is 4. The molecule has 5 heteroatoms.